The molecule has 2 aliphatic rings. The van der Waals surface area contributed by atoms with Gasteiger partial charge in [-0.2, -0.15) is 0 Å². The normalized spacial score (nSPS) is 16.2. The molecule has 0 fully saturated rings. The molecule has 0 radical (unpaired) electrons. The summed E-state index contributed by atoms with van der Waals surface area (Å²) in [6.45, 7) is 6.64. The van der Waals surface area contributed by atoms with E-state index in [9.17, 15) is 0 Å². The summed E-state index contributed by atoms with van der Waals surface area (Å²) >= 11 is 0. The molecule has 6 aromatic carbocycles. The van der Waals surface area contributed by atoms with Crippen LogP contribution in [-0.2, 0) is 5.41 Å². The van der Waals surface area contributed by atoms with Crippen LogP contribution in [0.4, 0.5) is 22.7 Å². The molecule has 0 saturated heterocycles. The third-order valence-electron chi connectivity index (χ3n) is 10.6. The van der Waals surface area contributed by atoms with Gasteiger partial charge in [0.2, 0.25) is 0 Å². The number of para-hydroxylation sites is 3. The molecule has 0 N–H and O–H groups in total. The lowest BCUT2D eigenvalue weighted by molar-refractivity contribution is 0.640. The van der Waals surface area contributed by atoms with Gasteiger partial charge in [0.15, 0.2) is 0 Å². The fourth-order valence-electron chi connectivity index (χ4n) is 8.49. The minimum Gasteiger partial charge on any atom is -0.345 e. The van der Waals surface area contributed by atoms with Crippen molar-refractivity contribution < 1.29 is 0 Å². The van der Waals surface area contributed by atoms with Crippen LogP contribution in [0.15, 0.2) is 211 Å². The summed E-state index contributed by atoms with van der Waals surface area (Å²) < 4.78 is 0. The standard InChI is InChI=1S/C49H42N2/c1-4-21-43-42(5-2)48-44-33-32-41(50(3)38-26-15-8-16-27-38)34-45(44)49(36-22-11-6-12-23-36,37-24-13-7-14-25-37)46(48)35-47(43)51(39-28-17-9-18-29-39)40-30-19-10-20-31-40/h4-34,47H,2,35H2,1,3H3/b21-4-. The summed E-state index contributed by atoms with van der Waals surface area (Å²) in [7, 11) is 2.17. The Morgan fingerprint density at radius 3 is 1.59 bits per heavy atom. The maximum Gasteiger partial charge on any atom is 0.0678 e. The second-order valence-electron chi connectivity index (χ2n) is 13.3. The fraction of sp³-hybridized carbons (Fsp3) is 0.102. The van der Waals surface area contributed by atoms with Crippen molar-refractivity contribution in [3.05, 3.63) is 234 Å². The lowest BCUT2D eigenvalue weighted by Gasteiger charge is -2.43. The van der Waals surface area contributed by atoms with Gasteiger partial charge in [0.1, 0.15) is 0 Å². The van der Waals surface area contributed by atoms with Gasteiger partial charge in [-0.1, -0.05) is 146 Å². The summed E-state index contributed by atoms with van der Waals surface area (Å²) in [6, 6.07) is 61.7. The summed E-state index contributed by atoms with van der Waals surface area (Å²) in [4.78, 5) is 4.82. The lowest BCUT2D eigenvalue weighted by Crippen LogP contribution is -2.39. The van der Waals surface area contributed by atoms with Gasteiger partial charge in [-0.3, -0.25) is 0 Å². The first-order chi connectivity index (χ1) is 25.2. The predicted octanol–water partition coefficient (Wildman–Crippen LogP) is 12.2. The first-order valence-electron chi connectivity index (χ1n) is 17.8. The van der Waals surface area contributed by atoms with Gasteiger partial charge < -0.3 is 9.80 Å². The van der Waals surface area contributed by atoms with E-state index in [4.69, 9.17) is 0 Å². The van der Waals surface area contributed by atoms with Gasteiger partial charge in [0, 0.05) is 29.8 Å². The Bertz CT molecular complexity index is 2170. The largest absolute Gasteiger partial charge is 0.345 e. The first kappa shape index (κ1) is 32.1. The summed E-state index contributed by atoms with van der Waals surface area (Å²) in [5, 5.41) is 0. The van der Waals surface area contributed by atoms with Crippen LogP contribution in [0.1, 0.15) is 35.6 Å². The van der Waals surface area contributed by atoms with E-state index >= 15 is 0 Å². The van der Waals surface area contributed by atoms with Crippen molar-refractivity contribution in [2.75, 3.05) is 16.8 Å². The van der Waals surface area contributed by atoms with Crippen molar-refractivity contribution in [1.82, 2.24) is 0 Å². The smallest absolute Gasteiger partial charge is 0.0678 e. The van der Waals surface area contributed by atoms with Crippen LogP contribution in [0.25, 0.3) is 5.57 Å². The van der Waals surface area contributed by atoms with E-state index in [0.717, 1.165) is 29.2 Å². The second-order valence-corrected chi connectivity index (χ2v) is 13.3. The van der Waals surface area contributed by atoms with Crippen LogP contribution in [0.3, 0.4) is 0 Å². The Balaban J connectivity index is 1.45. The zero-order valence-corrected chi connectivity index (χ0v) is 29.3. The second kappa shape index (κ2) is 13.7. The highest BCUT2D eigenvalue weighted by Crippen LogP contribution is 2.61. The van der Waals surface area contributed by atoms with Crippen LogP contribution in [0.5, 0.6) is 0 Å². The summed E-state index contributed by atoms with van der Waals surface area (Å²) in [5.41, 5.74) is 14.4. The molecule has 0 bridgehead atoms. The summed E-state index contributed by atoms with van der Waals surface area (Å²) in [6.07, 6.45) is 7.41. The van der Waals surface area contributed by atoms with Gasteiger partial charge in [-0.15, -0.1) is 0 Å². The van der Waals surface area contributed by atoms with Gasteiger partial charge in [-0.25, -0.2) is 0 Å². The van der Waals surface area contributed by atoms with Gasteiger partial charge in [-0.05, 0) is 106 Å². The van der Waals surface area contributed by atoms with Crippen LogP contribution >= 0.6 is 0 Å². The maximum atomic E-state index is 4.52. The molecule has 6 aromatic rings. The molecule has 0 spiro atoms. The van der Waals surface area contributed by atoms with Gasteiger partial charge in [0.25, 0.3) is 0 Å². The molecule has 248 valence electrons. The van der Waals surface area contributed by atoms with Crippen molar-refractivity contribution in [2.45, 2.75) is 24.8 Å². The monoisotopic (exact) mass is 658 g/mol. The van der Waals surface area contributed by atoms with Crippen molar-refractivity contribution >= 4 is 28.3 Å². The number of nitrogens with zero attached hydrogens (tertiary/aromatic N) is 2. The summed E-state index contributed by atoms with van der Waals surface area (Å²) in [5.74, 6) is 0. The molecule has 1 unspecified atom stereocenters. The van der Waals surface area contributed by atoms with Crippen LogP contribution in [0, 0.1) is 0 Å². The van der Waals surface area contributed by atoms with Crippen molar-refractivity contribution in [3.63, 3.8) is 0 Å². The third-order valence-corrected chi connectivity index (χ3v) is 10.6. The van der Waals surface area contributed by atoms with Crippen LogP contribution in [-0.4, -0.2) is 13.1 Å². The van der Waals surface area contributed by atoms with Crippen molar-refractivity contribution in [2.24, 2.45) is 0 Å². The van der Waals surface area contributed by atoms with Crippen molar-refractivity contribution in [3.8, 4) is 0 Å². The molecular weight excluding hydrogens is 617 g/mol. The van der Waals surface area contributed by atoms with Gasteiger partial charge >= 0.3 is 0 Å². The zero-order chi connectivity index (χ0) is 34.8. The topological polar surface area (TPSA) is 6.48 Å². The van der Waals surface area contributed by atoms with Crippen LogP contribution < -0.4 is 9.80 Å². The van der Waals surface area contributed by atoms with E-state index in [0.29, 0.717) is 0 Å². The molecule has 2 nitrogen and oxygen atoms in total. The SMILES string of the molecule is C=CC1=C(/C=C\C)C(N(c2ccccc2)c2ccccc2)CC2=C1c1ccc(N(C)c3ccccc3)cc1C2(c1ccccc1)c1ccccc1. The third kappa shape index (κ3) is 5.36. The molecule has 0 saturated carbocycles. The van der Waals surface area contributed by atoms with E-state index in [2.05, 4.69) is 218 Å². The Morgan fingerprint density at radius 1 is 0.608 bits per heavy atom. The maximum absolute atomic E-state index is 4.52. The molecule has 0 heterocycles. The van der Waals surface area contributed by atoms with E-state index in [1.807, 2.05) is 0 Å². The number of anilines is 4. The zero-order valence-electron chi connectivity index (χ0n) is 29.3. The molecule has 0 amide bonds. The fourth-order valence-corrected chi connectivity index (χ4v) is 8.49. The quantitative estimate of drug-likeness (QED) is 0.153. The molecule has 51 heavy (non-hydrogen) atoms. The highest BCUT2D eigenvalue weighted by molar-refractivity contribution is 5.98. The Morgan fingerprint density at radius 2 is 1.10 bits per heavy atom. The molecule has 0 aliphatic heterocycles. The average Bonchev–Trinajstić information content (AvgIpc) is 3.49. The van der Waals surface area contributed by atoms with E-state index in [1.165, 1.54) is 44.5 Å². The number of rotatable bonds is 9. The number of benzene rings is 6. The Kier molecular flexibility index (Phi) is 8.59. The lowest BCUT2D eigenvalue weighted by atomic mass is 9.64. The van der Waals surface area contributed by atoms with Gasteiger partial charge in [0.05, 0.1) is 11.5 Å². The Labute approximate surface area is 302 Å². The van der Waals surface area contributed by atoms with Crippen LogP contribution in [0.2, 0.25) is 0 Å². The molecule has 0 aromatic heterocycles. The molecule has 1 atom stereocenters. The molecule has 2 aliphatic carbocycles. The van der Waals surface area contributed by atoms with Crippen molar-refractivity contribution in [1.29, 1.82) is 0 Å². The van der Waals surface area contributed by atoms with E-state index in [1.54, 1.807) is 0 Å². The minimum absolute atomic E-state index is 0.00493. The number of fused-ring (bicyclic) bond motifs is 2. The number of allylic oxidation sites excluding steroid dienone is 4. The molecular formula is C49H42N2. The van der Waals surface area contributed by atoms with E-state index < -0.39 is 5.41 Å². The number of hydrogen-bond acceptors (Lipinski definition) is 2. The molecule has 2 heteroatoms. The first-order valence-corrected chi connectivity index (χ1v) is 17.8. The highest BCUT2D eigenvalue weighted by atomic mass is 15.2. The number of hydrogen-bond donors (Lipinski definition) is 0. The highest BCUT2D eigenvalue weighted by Gasteiger charge is 2.51. The minimum atomic E-state index is -0.534. The Hall–Kier alpha value is -6.12. The van der Waals surface area contributed by atoms with E-state index in [-0.39, 0.29) is 6.04 Å². The average molecular weight is 659 g/mol. The molecule has 8 rings (SSSR count). The predicted molar refractivity (Wildman–Crippen MR) is 216 cm³/mol.